The molecule has 0 unspecified atom stereocenters. The van der Waals surface area contributed by atoms with E-state index in [4.69, 9.17) is 28.4 Å². The Morgan fingerprint density at radius 3 is 1.42 bits per heavy atom. The topological polar surface area (TPSA) is 61.6 Å². The van der Waals surface area contributed by atoms with Crippen LogP contribution in [0.15, 0.2) is 0 Å². The van der Waals surface area contributed by atoms with Crippen LogP contribution in [0.1, 0.15) is 0 Å². The van der Waals surface area contributed by atoms with E-state index < -0.39 is 0 Å². The lowest BCUT2D eigenvalue weighted by Crippen LogP contribution is -2.35. The summed E-state index contributed by atoms with van der Waals surface area (Å²) >= 11 is 0. The number of ether oxygens (including phenoxy) is 6. The molecule has 0 radical (unpaired) electrons. The van der Waals surface area contributed by atoms with Crippen molar-refractivity contribution in [3.05, 3.63) is 0 Å². The molecule has 3 aliphatic rings. The number of nitrogens with zero attached hydrogens (tertiary/aromatic N) is 2. The van der Waals surface area contributed by atoms with Gasteiger partial charge in [0.2, 0.25) is 0 Å². The van der Waals surface area contributed by atoms with Gasteiger partial charge in [0.1, 0.15) is 19.8 Å². The number of hydrogen-bond acceptors (Lipinski definition) is 7. The fourth-order valence-electron chi connectivity index (χ4n) is 2.68. The van der Waals surface area contributed by atoms with Gasteiger partial charge in [0.15, 0.2) is 19.3 Å². The van der Waals surface area contributed by atoms with Crippen molar-refractivity contribution < 1.29 is 33.0 Å². The van der Waals surface area contributed by atoms with E-state index in [0.29, 0.717) is 79.3 Å². The zero-order valence-corrected chi connectivity index (χ0v) is 15.9. The normalized spacial score (nSPS) is 27.4. The quantitative estimate of drug-likeness (QED) is 0.529. The second kappa shape index (κ2) is 15.4. The lowest BCUT2D eigenvalue weighted by molar-refractivity contribution is -0.530. The van der Waals surface area contributed by atoms with Gasteiger partial charge < -0.3 is 28.4 Å². The Balaban J connectivity index is 1.91. The van der Waals surface area contributed by atoms with Crippen LogP contribution >= 0.6 is 0 Å². The van der Waals surface area contributed by atoms with E-state index in [1.54, 1.807) is 0 Å². The first-order valence-corrected chi connectivity index (χ1v) is 9.71. The predicted molar refractivity (Wildman–Crippen MR) is 97.4 cm³/mol. The van der Waals surface area contributed by atoms with Gasteiger partial charge in [0.25, 0.3) is 0 Å². The van der Waals surface area contributed by atoms with E-state index in [9.17, 15) is 0 Å². The van der Waals surface area contributed by atoms with Crippen molar-refractivity contribution >= 4 is 6.21 Å². The minimum Gasteiger partial charge on any atom is -0.378 e. The maximum absolute atomic E-state index is 5.69. The summed E-state index contributed by atoms with van der Waals surface area (Å²) in [5, 5.41) is 0. The van der Waals surface area contributed by atoms with E-state index in [2.05, 4.69) is 15.7 Å². The molecule has 8 nitrogen and oxygen atoms in total. The monoisotopic (exact) mass is 375 g/mol. The Labute approximate surface area is 156 Å². The third-order valence-corrected chi connectivity index (χ3v) is 4.27. The molecule has 0 saturated carbocycles. The van der Waals surface area contributed by atoms with Crippen LogP contribution in [0.2, 0.25) is 0 Å². The van der Waals surface area contributed by atoms with Crippen LogP contribution in [-0.4, -0.2) is 128 Å². The fraction of sp³-hybridized carbons (Fsp3) is 0.944. The molecule has 0 spiro atoms. The smallest absolute Gasteiger partial charge is 0.165 e. The van der Waals surface area contributed by atoms with E-state index >= 15 is 0 Å². The Morgan fingerprint density at radius 2 is 0.923 bits per heavy atom. The second-order valence-electron chi connectivity index (χ2n) is 6.20. The molecule has 0 aliphatic carbocycles. The van der Waals surface area contributed by atoms with Gasteiger partial charge in [0.05, 0.1) is 59.5 Å². The lowest BCUT2D eigenvalue weighted by Gasteiger charge is -2.22. The first-order valence-electron chi connectivity index (χ1n) is 9.71. The van der Waals surface area contributed by atoms with Gasteiger partial charge in [-0.1, -0.05) is 0 Å². The molecule has 0 aromatic heterocycles. The highest BCUT2D eigenvalue weighted by molar-refractivity contribution is 5.52. The van der Waals surface area contributed by atoms with Crippen LogP contribution < -0.4 is 0 Å². The average Bonchev–Trinajstić information content (AvgIpc) is 2.65. The maximum Gasteiger partial charge on any atom is 0.165 e. The van der Waals surface area contributed by atoms with Gasteiger partial charge in [-0.3, -0.25) is 4.90 Å². The van der Waals surface area contributed by atoms with E-state index in [-0.39, 0.29) is 0 Å². The van der Waals surface area contributed by atoms with Gasteiger partial charge >= 0.3 is 0 Å². The molecule has 2 bridgehead atoms. The summed E-state index contributed by atoms with van der Waals surface area (Å²) in [6.45, 7) is 11.9. The van der Waals surface area contributed by atoms with Gasteiger partial charge in [0, 0.05) is 19.6 Å². The summed E-state index contributed by atoms with van der Waals surface area (Å²) in [5.41, 5.74) is 0. The van der Waals surface area contributed by atoms with Gasteiger partial charge in [-0.25, -0.2) is 4.58 Å². The zero-order valence-electron chi connectivity index (χ0n) is 15.9. The lowest BCUT2D eigenvalue weighted by atomic mass is 10.4. The summed E-state index contributed by atoms with van der Waals surface area (Å²) in [4.78, 5) is 2.31. The van der Waals surface area contributed by atoms with Crippen LogP contribution in [0.25, 0.3) is 0 Å². The summed E-state index contributed by atoms with van der Waals surface area (Å²) in [7, 11) is 0. The number of fused-ring (bicyclic) bond motifs is 21. The molecule has 0 aromatic rings. The molecule has 8 heteroatoms. The molecule has 152 valence electrons. The van der Waals surface area contributed by atoms with Crippen molar-refractivity contribution in [3.8, 4) is 0 Å². The highest BCUT2D eigenvalue weighted by atomic mass is 16.5. The molecule has 0 amide bonds. The molecule has 1 saturated heterocycles. The fourth-order valence-corrected chi connectivity index (χ4v) is 2.68. The molecular weight excluding hydrogens is 340 g/mol. The van der Waals surface area contributed by atoms with Crippen LogP contribution in [0.4, 0.5) is 0 Å². The average molecular weight is 375 g/mol. The molecule has 3 aliphatic heterocycles. The van der Waals surface area contributed by atoms with Crippen LogP contribution in [0.5, 0.6) is 0 Å². The molecule has 0 aromatic carbocycles. The first kappa shape index (κ1) is 21.7. The Bertz CT molecular complexity index is 348. The summed E-state index contributed by atoms with van der Waals surface area (Å²) in [6.07, 6.45) is 2.06. The maximum atomic E-state index is 5.69. The summed E-state index contributed by atoms with van der Waals surface area (Å²) in [6, 6.07) is 0. The highest BCUT2D eigenvalue weighted by Crippen LogP contribution is 1.93. The summed E-state index contributed by atoms with van der Waals surface area (Å²) < 4.78 is 36.3. The second-order valence-corrected chi connectivity index (χ2v) is 6.20. The highest BCUT2D eigenvalue weighted by Gasteiger charge is 2.08. The molecule has 1 fully saturated rings. The third kappa shape index (κ3) is 11.2. The SMILES string of the molecule is C1=[N+]2CCOCCOCCN(CCOCCOC1)CCOCCOCC2. The van der Waals surface area contributed by atoms with Gasteiger partial charge in [-0.2, -0.15) is 0 Å². The van der Waals surface area contributed by atoms with Crippen LogP contribution in [-0.2, 0) is 28.4 Å². The number of rotatable bonds is 0. The molecule has 3 rings (SSSR count). The summed E-state index contributed by atoms with van der Waals surface area (Å²) in [5.74, 6) is 0. The molecule has 26 heavy (non-hydrogen) atoms. The van der Waals surface area contributed by atoms with E-state index in [1.807, 2.05) is 0 Å². The predicted octanol–water partition coefficient (Wildman–Crippen LogP) is -0.501. The Morgan fingerprint density at radius 1 is 0.500 bits per heavy atom. The zero-order chi connectivity index (χ0) is 18.1. The Hall–Kier alpha value is -0.610. The largest absolute Gasteiger partial charge is 0.378 e. The van der Waals surface area contributed by atoms with Crippen molar-refractivity contribution in [2.24, 2.45) is 0 Å². The number of hydrogen-bond donors (Lipinski definition) is 0. The van der Waals surface area contributed by atoms with E-state index in [1.165, 1.54) is 0 Å². The van der Waals surface area contributed by atoms with Crippen molar-refractivity contribution in [2.75, 3.05) is 112 Å². The molecule has 0 N–H and O–H groups in total. The minimum absolute atomic E-state index is 0.571. The van der Waals surface area contributed by atoms with Gasteiger partial charge in [-0.15, -0.1) is 0 Å². The Kier molecular flexibility index (Phi) is 12.9. The first-order chi connectivity index (χ1) is 12.9. The molecular formula is C18H35N2O6+. The van der Waals surface area contributed by atoms with Crippen molar-refractivity contribution in [3.63, 3.8) is 0 Å². The minimum atomic E-state index is 0.571. The molecule has 0 atom stereocenters. The van der Waals surface area contributed by atoms with Crippen molar-refractivity contribution in [1.29, 1.82) is 0 Å². The van der Waals surface area contributed by atoms with Crippen molar-refractivity contribution in [2.45, 2.75) is 0 Å². The van der Waals surface area contributed by atoms with E-state index in [0.717, 1.165) is 32.7 Å². The van der Waals surface area contributed by atoms with Crippen LogP contribution in [0, 0.1) is 0 Å². The third-order valence-electron chi connectivity index (χ3n) is 4.27. The van der Waals surface area contributed by atoms with Crippen molar-refractivity contribution in [1.82, 2.24) is 4.90 Å². The molecule has 3 heterocycles. The van der Waals surface area contributed by atoms with Gasteiger partial charge in [-0.05, 0) is 0 Å². The van der Waals surface area contributed by atoms with Crippen LogP contribution in [0.3, 0.4) is 0 Å². The standard InChI is InChI=1S/C18H35N2O6/c1-7-21-13-14-24-10-4-20-5-11-25-17-15-22-8-2-19(1)3-9-23-16-18-26-12-6-20/h1H,2-18H2/q+1.